The molecular formula is C10H17N3. The minimum absolute atomic E-state index is 0.256. The van der Waals surface area contributed by atoms with Crippen molar-refractivity contribution in [1.82, 2.24) is 9.55 Å². The number of nitrogens with zero attached hydrogens (tertiary/aromatic N) is 2. The van der Waals surface area contributed by atoms with Crippen LogP contribution in [0.3, 0.4) is 0 Å². The third-order valence-electron chi connectivity index (χ3n) is 3.30. The van der Waals surface area contributed by atoms with Crippen molar-refractivity contribution in [1.29, 1.82) is 0 Å². The highest BCUT2D eigenvalue weighted by molar-refractivity contribution is 5.20. The lowest BCUT2D eigenvalue weighted by Gasteiger charge is -2.41. The van der Waals surface area contributed by atoms with Crippen LogP contribution in [0.25, 0.3) is 0 Å². The molecule has 1 saturated carbocycles. The molecule has 2 N–H and O–H groups in total. The van der Waals surface area contributed by atoms with Crippen LogP contribution in [-0.4, -0.2) is 16.1 Å². The number of aromatic nitrogens is 2. The molecule has 1 aliphatic carbocycles. The summed E-state index contributed by atoms with van der Waals surface area (Å²) >= 11 is 0. The molecule has 1 fully saturated rings. The average Bonchev–Trinajstić information content (AvgIpc) is 2.52. The zero-order valence-electron chi connectivity index (χ0n) is 8.16. The van der Waals surface area contributed by atoms with Gasteiger partial charge >= 0.3 is 0 Å². The first-order chi connectivity index (χ1) is 6.32. The van der Waals surface area contributed by atoms with Crippen LogP contribution in [-0.2, 0) is 12.0 Å². The Morgan fingerprint density at radius 1 is 1.62 bits per heavy atom. The molecule has 1 aromatic heterocycles. The molecule has 0 spiro atoms. The molecule has 13 heavy (non-hydrogen) atoms. The maximum absolute atomic E-state index is 5.84. The number of hydrogen-bond acceptors (Lipinski definition) is 2. The van der Waals surface area contributed by atoms with Gasteiger partial charge in [0.05, 0.1) is 6.33 Å². The van der Waals surface area contributed by atoms with Gasteiger partial charge in [-0.15, -0.1) is 0 Å². The molecule has 72 valence electrons. The monoisotopic (exact) mass is 179 g/mol. The molecule has 0 atom stereocenters. The van der Waals surface area contributed by atoms with Gasteiger partial charge in [-0.3, -0.25) is 0 Å². The van der Waals surface area contributed by atoms with Gasteiger partial charge in [-0.25, -0.2) is 4.98 Å². The topological polar surface area (TPSA) is 43.8 Å². The predicted molar refractivity (Wildman–Crippen MR) is 52.5 cm³/mol. The molecule has 1 aromatic rings. The summed E-state index contributed by atoms with van der Waals surface area (Å²) in [4.78, 5) is 4.20. The van der Waals surface area contributed by atoms with Crippen LogP contribution in [0, 0.1) is 0 Å². The first kappa shape index (κ1) is 8.75. The molecule has 0 aromatic carbocycles. The summed E-state index contributed by atoms with van der Waals surface area (Å²) in [6.45, 7) is 3.91. The van der Waals surface area contributed by atoms with E-state index in [1.807, 2.05) is 12.5 Å². The van der Waals surface area contributed by atoms with Crippen molar-refractivity contribution in [2.24, 2.45) is 5.73 Å². The van der Waals surface area contributed by atoms with Crippen LogP contribution in [0.4, 0.5) is 0 Å². The lowest BCUT2D eigenvalue weighted by molar-refractivity contribution is 0.238. The molecule has 0 unspecified atom stereocenters. The standard InChI is InChI=1S/C10H17N3/c1-2-13-8-12-6-9(13)10(7-11)4-3-5-10/h6,8H,2-5,7,11H2,1H3. The van der Waals surface area contributed by atoms with Gasteiger partial charge in [0.25, 0.3) is 0 Å². The second-order valence-electron chi connectivity index (χ2n) is 3.90. The van der Waals surface area contributed by atoms with Gasteiger partial charge in [0.1, 0.15) is 0 Å². The van der Waals surface area contributed by atoms with Crippen molar-refractivity contribution in [3.63, 3.8) is 0 Å². The van der Waals surface area contributed by atoms with Crippen molar-refractivity contribution in [2.45, 2.75) is 38.1 Å². The van der Waals surface area contributed by atoms with E-state index in [-0.39, 0.29) is 5.41 Å². The number of hydrogen-bond donors (Lipinski definition) is 1. The molecule has 2 rings (SSSR count). The Morgan fingerprint density at radius 3 is 2.85 bits per heavy atom. The third-order valence-corrected chi connectivity index (χ3v) is 3.30. The van der Waals surface area contributed by atoms with Crippen molar-refractivity contribution in [2.75, 3.05) is 6.54 Å². The zero-order valence-corrected chi connectivity index (χ0v) is 8.16. The Kier molecular flexibility index (Phi) is 2.12. The Labute approximate surface area is 79.0 Å². The summed E-state index contributed by atoms with van der Waals surface area (Å²) in [5.41, 5.74) is 7.44. The van der Waals surface area contributed by atoms with Gasteiger partial charge in [0.15, 0.2) is 0 Å². The summed E-state index contributed by atoms with van der Waals surface area (Å²) < 4.78 is 2.21. The zero-order chi connectivity index (χ0) is 9.31. The molecule has 1 aliphatic rings. The number of rotatable bonds is 3. The first-order valence-corrected chi connectivity index (χ1v) is 5.03. The second kappa shape index (κ2) is 3.14. The first-order valence-electron chi connectivity index (χ1n) is 5.03. The van der Waals surface area contributed by atoms with Crippen LogP contribution in [0.15, 0.2) is 12.5 Å². The Hall–Kier alpha value is -0.830. The van der Waals surface area contributed by atoms with E-state index in [2.05, 4.69) is 16.5 Å². The molecule has 0 amide bonds. The molecule has 3 nitrogen and oxygen atoms in total. The van der Waals surface area contributed by atoms with E-state index in [0.717, 1.165) is 13.1 Å². The van der Waals surface area contributed by atoms with Gasteiger partial charge in [0.2, 0.25) is 0 Å². The lowest BCUT2D eigenvalue weighted by Crippen LogP contribution is -2.43. The molecule has 0 radical (unpaired) electrons. The van der Waals surface area contributed by atoms with Gasteiger partial charge in [-0.05, 0) is 19.8 Å². The molecular weight excluding hydrogens is 162 g/mol. The molecule has 1 heterocycles. The SMILES string of the molecule is CCn1cncc1C1(CN)CCC1. The summed E-state index contributed by atoms with van der Waals surface area (Å²) in [7, 11) is 0. The molecule has 0 aliphatic heterocycles. The minimum Gasteiger partial charge on any atom is -0.334 e. The number of nitrogens with two attached hydrogens (primary N) is 1. The van der Waals surface area contributed by atoms with Crippen LogP contribution < -0.4 is 5.73 Å². The van der Waals surface area contributed by atoms with Crippen LogP contribution in [0.1, 0.15) is 31.9 Å². The van der Waals surface area contributed by atoms with E-state index in [1.165, 1.54) is 25.0 Å². The van der Waals surface area contributed by atoms with Crippen LogP contribution in [0.2, 0.25) is 0 Å². The summed E-state index contributed by atoms with van der Waals surface area (Å²) in [6.07, 6.45) is 7.66. The third kappa shape index (κ3) is 1.18. The maximum Gasteiger partial charge on any atom is 0.0948 e. The van der Waals surface area contributed by atoms with Gasteiger partial charge in [-0.2, -0.15) is 0 Å². The largest absolute Gasteiger partial charge is 0.334 e. The quantitative estimate of drug-likeness (QED) is 0.759. The van der Waals surface area contributed by atoms with E-state index in [1.54, 1.807) is 0 Å². The minimum atomic E-state index is 0.256. The summed E-state index contributed by atoms with van der Waals surface area (Å²) in [5.74, 6) is 0. The number of aryl methyl sites for hydroxylation is 1. The van der Waals surface area contributed by atoms with E-state index >= 15 is 0 Å². The van der Waals surface area contributed by atoms with Gasteiger partial charge in [0, 0.05) is 30.4 Å². The van der Waals surface area contributed by atoms with E-state index in [9.17, 15) is 0 Å². The fraction of sp³-hybridized carbons (Fsp3) is 0.700. The Morgan fingerprint density at radius 2 is 2.38 bits per heavy atom. The van der Waals surface area contributed by atoms with Crippen molar-refractivity contribution >= 4 is 0 Å². The van der Waals surface area contributed by atoms with E-state index in [4.69, 9.17) is 5.73 Å². The average molecular weight is 179 g/mol. The summed E-state index contributed by atoms with van der Waals surface area (Å²) in [5, 5.41) is 0. The smallest absolute Gasteiger partial charge is 0.0948 e. The predicted octanol–water partition coefficient (Wildman–Crippen LogP) is 1.28. The lowest BCUT2D eigenvalue weighted by atomic mass is 9.67. The highest BCUT2D eigenvalue weighted by Gasteiger charge is 2.39. The fourth-order valence-corrected chi connectivity index (χ4v) is 2.18. The summed E-state index contributed by atoms with van der Waals surface area (Å²) in [6, 6.07) is 0. The van der Waals surface area contributed by atoms with Crippen molar-refractivity contribution in [3.8, 4) is 0 Å². The highest BCUT2D eigenvalue weighted by Crippen LogP contribution is 2.42. The second-order valence-corrected chi connectivity index (χ2v) is 3.90. The van der Waals surface area contributed by atoms with Crippen molar-refractivity contribution < 1.29 is 0 Å². The Balaban J connectivity index is 2.32. The van der Waals surface area contributed by atoms with Crippen LogP contribution >= 0.6 is 0 Å². The fourth-order valence-electron chi connectivity index (χ4n) is 2.18. The Bertz CT molecular complexity index is 281. The molecule has 0 saturated heterocycles. The number of imidazole rings is 1. The maximum atomic E-state index is 5.84. The van der Waals surface area contributed by atoms with Gasteiger partial charge < -0.3 is 10.3 Å². The normalized spacial score (nSPS) is 19.8. The molecule has 3 heteroatoms. The van der Waals surface area contributed by atoms with Gasteiger partial charge in [-0.1, -0.05) is 6.42 Å². The van der Waals surface area contributed by atoms with E-state index in [0.29, 0.717) is 0 Å². The van der Waals surface area contributed by atoms with Crippen molar-refractivity contribution in [3.05, 3.63) is 18.2 Å². The highest BCUT2D eigenvalue weighted by atomic mass is 15.1. The van der Waals surface area contributed by atoms with E-state index < -0.39 is 0 Å². The van der Waals surface area contributed by atoms with Crippen LogP contribution in [0.5, 0.6) is 0 Å². The molecule has 0 bridgehead atoms.